The van der Waals surface area contributed by atoms with Crippen LogP contribution < -0.4 is 0 Å². The van der Waals surface area contributed by atoms with Crippen LogP contribution in [0.4, 0.5) is 0 Å². The molecule has 0 atom stereocenters. The van der Waals surface area contributed by atoms with Gasteiger partial charge in [0.05, 0.1) is 0 Å². The van der Waals surface area contributed by atoms with Gasteiger partial charge < -0.3 is 0 Å². The van der Waals surface area contributed by atoms with Crippen molar-refractivity contribution >= 4 is 0 Å². The average Bonchev–Trinajstić information content (AvgIpc) is 2.78. The van der Waals surface area contributed by atoms with E-state index in [0.29, 0.717) is 5.41 Å². The summed E-state index contributed by atoms with van der Waals surface area (Å²) in [5.74, 6) is 0. The van der Waals surface area contributed by atoms with E-state index in [-0.39, 0.29) is 0 Å². The maximum absolute atomic E-state index is 2.37. The Kier molecular flexibility index (Phi) is 26.6. The molecule has 0 aliphatic rings. The van der Waals surface area contributed by atoms with Crippen LogP contribution in [0.2, 0.25) is 0 Å². The van der Waals surface area contributed by atoms with E-state index in [2.05, 4.69) is 27.7 Å². The quantitative estimate of drug-likeness (QED) is 0.106. The molecule has 33 heavy (non-hydrogen) atoms. The lowest BCUT2D eigenvalue weighted by atomic mass is 9.89. The highest BCUT2D eigenvalue weighted by atomic mass is 14.1. The third kappa shape index (κ3) is 32.0. The Morgan fingerprint density at radius 1 is 0.273 bits per heavy atom. The van der Waals surface area contributed by atoms with Crippen molar-refractivity contribution in [2.45, 2.75) is 207 Å². The summed E-state index contributed by atoms with van der Waals surface area (Å²) in [6, 6.07) is 0. The van der Waals surface area contributed by atoms with Crippen LogP contribution >= 0.6 is 0 Å². The molecule has 0 N–H and O–H groups in total. The van der Waals surface area contributed by atoms with Gasteiger partial charge >= 0.3 is 0 Å². The van der Waals surface area contributed by atoms with Gasteiger partial charge in [0.2, 0.25) is 0 Å². The lowest BCUT2D eigenvalue weighted by Crippen LogP contribution is -2.03. The highest BCUT2D eigenvalue weighted by Crippen LogP contribution is 2.23. The number of rotatable bonds is 27. The molecule has 0 radical (unpaired) electrons. The molecule has 0 aromatic heterocycles. The zero-order chi connectivity index (χ0) is 24.3. The Balaban J connectivity index is 3.03. The molecule has 0 bridgehead atoms. The Labute approximate surface area is 212 Å². The van der Waals surface area contributed by atoms with Crippen molar-refractivity contribution in [2.75, 3.05) is 0 Å². The number of unbranched alkanes of at least 4 members (excludes halogenated alkanes) is 26. The van der Waals surface area contributed by atoms with E-state index in [1.165, 1.54) is 180 Å². The van der Waals surface area contributed by atoms with Crippen LogP contribution in [-0.2, 0) is 0 Å². The Bertz CT molecular complexity index is 336. The summed E-state index contributed by atoms with van der Waals surface area (Å²) >= 11 is 0. The van der Waals surface area contributed by atoms with Gasteiger partial charge in [-0.25, -0.2) is 0 Å². The molecule has 0 unspecified atom stereocenters. The topological polar surface area (TPSA) is 0 Å². The van der Waals surface area contributed by atoms with Crippen LogP contribution in [0.3, 0.4) is 0 Å². The third-order valence-electron chi connectivity index (χ3n) is 7.53. The molecule has 0 amide bonds. The van der Waals surface area contributed by atoms with Gasteiger partial charge in [0.15, 0.2) is 0 Å². The lowest BCUT2D eigenvalue weighted by molar-refractivity contribution is 0.356. The molecule has 0 rings (SSSR count). The molecule has 0 saturated carbocycles. The molecule has 0 aromatic rings. The fraction of sp³-hybridized carbons (Fsp3) is 1.00. The summed E-state index contributed by atoms with van der Waals surface area (Å²) < 4.78 is 0. The monoisotopic (exact) mass is 465 g/mol. The molecule has 0 heteroatoms. The minimum atomic E-state index is 0.534. The van der Waals surface area contributed by atoms with Crippen molar-refractivity contribution in [3.8, 4) is 0 Å². The van der Waals surface area contributed by atoms with E-state index in [4.69, 9.17) is 0 Å². The Hall–Kier alpha value is 0. The molecule has 0 aliphatic heterocycles. The van der Waals surface area contributed by atoms with Gasteiger partial charge in [-0.15, -0.1) is 0 Å². The zero-order valence-electron chi connectivity index (χ0n) is 24.3. The molecule has 0 aromatic carbocycles. The summed E-state index contributed by atoms with van der Waals surface area (Å²) in [4.78, 5) is 0. The molecular formula is C33H68. The average molecular weight is 465 g/mol. The van der Waals surface area contributed by atoms with Crippen molar-refractivity contribution in [2.24, 2.45) is 5.41 Å². The molecule has 0 nitrogen and oxygen atoms in total. The first-order chi connectivity index (χ1) is 16.1. The fourth-order valence-corrected chi connectivity index (χ4v) is 5.15. The highest BCUT2D eigenvalue weighted by Gasteiger charge is 2.08. The second-order valence-corrected chi connectivity index (χ2v) is 12.5. The minimum Gasteiger partial charge on any atom is -0.0654 e. The first-order valence-corrected chi connectivity index (χ1v) is 16.1. The SMILES string of the molecule is CCCCCCCCCCCCCCCCCCCCCCCCCCCCCC(C)(C)C. The smallest absolute Gasteiger partial charge is 0.0383 e. The summed E-state index contributed by atoms with van der Waals surface area (Å²) in [6.45, 7) is 9.41. The predicted octanol–water partition coefficient (Wildman–Crippen LogP) is 13.0. The van der Waals surface area contributed by atoms with Crippen molar-refractivity contribution < 1.29 is 0 Å². The summed E-state index contributed by atoms with van der Waals surface area (Å²) in [7, 11) is 0. The van der Waals surface area contributed by atoms with Crippen molar-refractivity contribution in [3.05, 3.63) is 0 Å². The molecule has 0 spiro atoms. The van der Waals surface area contributed by atoms with Gasteiger partial charge in [-0.05, 0) is 11.8 Å². The van der Waals surface area contributed by atoms with Crippen LogP contribution in [0, 0.1) is 5.41 Å². The standard InChI is InChI=1S/C33H68/c1-5-6-7-8-9-10-11-12-13-14-15-16-17-18-19-20-21-22-23-24-25-26-27-28-29-30-31-32-33(2,3)4/h5-32H2,1-4H3. The largest absolute Gasteiger partial charge is 0.0654 e. The molecule has 0 heterocycles. The molecule has 0 saturated heterocycles. The van der Waals surface area contributed by atoms with E-state index < -0.39 is 0 Å². The van der Waals surface area contributed by atoms with E-state index >= 15 is 0 Å². The fourth-order valence-electron chi connectivity index (χ4n) is 5.15. The second kappa shape index (κ2) is 26.6. The minimum absolute atomic E-state index is 0.534. The summed E-state index contributed by atoms with van der Waals surface area (Å²) in [5.41, 5.74) is 0.534. The lowest BCUT2D eigenvalue weighted by Gasteiger charge is -2.17. The molecule has 0 fully saturated rings. The Morgan fingerprint density at radius 3 is 0.636 bits per heavy atom. The number of hydrogen-bond donors (Lipinski definition) is 0. The van der Waals surface area contributed by atoms with Gasteiger partial charge in [-0.1, -0.05) is 201 Å². The van der Waals surface area contributed by atoms with Gasteiger partial charge in [-0.3, -0.25) is 0 Å². The molecular weight excluding hydrogens is 396 g/mol. The summed E-state index contributed by atoms with van der Waals surface area (Å²) in [6.07, 6.45) is 41.3. The molecule has 0 aliphatic carbocycles. The van der Waals surface area contributed by atoms with Gasteiger partial charge in [-0.2, -0.15) is 0 Å². The van der Waals surface area contributed by atoms with Crippen molar-refractivity contribution in [1.82, 2.24) is 0 Å². The first kappa shape index (κ1) is 33.0. The predicted molar refractivity (Wildman–Crippen MR) is 154 cm³/mol. The van der Waals surface area contributed by atoms with Crippen LogP contribution in [0.5, 0.6) is 0 Å². The normalized spacial score (nSPS) is 12.0. The van der Waals surface area contributed by atoms with Crippen molar-refractivity contribution in [1.29, 1.82) is 0 Å². The first-order valence-electron chi connectivity index (χ1n) is 16.1. The van der Waals surface area contributed by atoms with E-state index in [0.717, 1.165) is 0 Å². The van der Waals surface area contributed by atoms with Crippen molar-refractivity contribution in [3.63, 3.8) is 0 Å². The van der Waals surface area contributed by atoms with Crippen LogP contribution in [0.1, 0.15) is 207 Å². The zero-order valence-corrected chi connectivity index (χ0v) is 24.3. The second-order valence-electron chi connectivity index (χ2n) is 12.5. The number of hydrogen-bond acceptors (Lipinski definition) is 0. The van der Waals surface area contributed by atoms with E-state index in [1.807, 2.05) is 0 Å². The maximum atomic E-state index is 2.37. The van der Waals surface area contributed by atoms with Gasteiger partial charge in [0, 0.05) is 0 Å². The summed E-state index contributed by atoms with van der Waals surface area (Å²) in [5, 5.41) is 0. The van der Waals surface area contributed by atoms with Gasteiger partial charge in [0.1, 0.15) is 0 Å². The van der Waals surface area contributed by atoms with Gasteiger partial charge in [0.25, 0.3) is 0 Å². The van der Waals surface area contributed by atoms with E-state index in [1.54, 1.807) is 0 Å². The molecule has 200 valence electrons. The van der Waals surface area contributed by atoms with Crippen LogP contribution in [0.15, 0.2) is 0 Å². The van der Waals surface area contributed by atoms with E-state index in [9.17, 15) is 0 Å². The van der Waals surface area contributed by atoms with Crippen LogP contribution in [-0.4, -0.2) is 0 Å². The third-order valence-corrected chi connectivity index (χ3v) is 7.53. The Morgan fingerprint density at radius 2 is 0.455 bits per heavy atom. The highest BCUT2D eigenvalue weighted by molar-refractivity contribution is 4.61. The van der Waals surface area contributed by atoms with Crippen LogP contribution in [0.25, 0.3) is 0 Å². The maximum Gasteiger partial charge on any atom is -0.0383 e.